The first-order valence-corrected chi connectivity index (χ1v) is 7.87. The summed E-state index contributed by atoms with van der Waals surface area (Å²) in [4.78, 5) is 27.7. The fraction of sp³-hybridized carbons (Fsp3) is 0.867. The first kappa shape index (κ1) is 16.2. The SMILES string of the molecule is COCCC1CN(C(=O)CCN2CCCCC2=O)CCO1. The van der Waals surface area contributed by atoms with Crippen LogP contribution in [0.5, 0.6) is 0 Å². The summed E-state index contributed by atoms with van der Waals surface area (Å²) in [5, 5.41) is 0. The molecule has 6 heteroatoms. The van der Waals surface area contributed by atoms with E-state index in [9.17, 15) is 9.59 Å². The summed E-state index contributed by atoms with van der Waals surface area (Å²) in [5.74, 6) is 0.313. The quantitative estimate of drug-likeness (QED) is 0.722. The first-order valence-electron chi connectivity index (χ1n) is 7.87. The van der Waals surface area contributed by atoms with Crippen LogP contribution in [0, 0.1) is 0 Å². The Labute approximate surface area is 126 Å². The second-order valence-electron chi connectivity index (χ2n) is 5.70. The van der Waals surface area contributed by atoms with Crippen molar-refractivity contribution in [1.82, 2.24) is 9.80 Å². The maximum Gasteiger partial charge on any atom is 0.224 e. The van der Waals surface area contributed by atoms with Crippen molar-refractivity contribution < 1.29 is 19.1 Å². The molecule has 0 spiro atoms. The molecule has 2 heterocycles. The molecule has 0 aliphatic carbocycles. The zero-order chi connectivity index (χ0) is 15.1. The largest absolute Gasteiger partial charge is 0.385 e. The molecule has 0 bridgehead atoms. The summed E-state index contributed by atoms with van der Waals surface area (Å²) in [6.07, 6.45) is 3.96. The fourth-order valence-electron chi connectivity index (χ4n) is 2.86. The molecule has 2 rings (SSSR count). The average Bonchev–Trinajstić information content (AvgIpc) is 2.52. The van der Waals surface area contributed by atoms with E-state index < -0.39 is 0 Å². The predicted octanol–water partition coefficient (Wildman–Crippen LogP) is 0.653. The van der Waals surface area contributed by atoms with E-state index in [1.165, 1.54) is 0 Å². The van der Waals surface area contributed by atoms with Crippen LogP contribution in [0.15, 0.2) is 0 Å². The van der Waals surface area contributed by atoms with Crippen molar-refractivity contribution in [3.63, 3.8) is 0 Å². The Morgan fingerprint density at radius 2 is 2.24 bits per heavy atom. The highest BCUT2D eigenvalue weighted by Crippen LogP contribution is 2.13. The molecule has 0 radical (unpaired) electrons. The van der Waals surface area contributed by atoms with Crippen molar-refractivity contribution in [3.8, 4) is 0 Å². The highest BCUT2D eigenvalue weighted by atomic mass is 16.5. The van der Waals surface area contributed by atoms with E-state index in [2.05, 4.69) is 0 Å². The standard InChI is InChI=1S/C15H26N2O4/c1-20-10-6-13-12-17(9-11-21-13)15(19)5-8-16-7-3-2-4-14(16)18/h13H,2-12H2,1H3. The van der Waals surface area contributed by atoms with E-state index in [0.717, 1.165) is 25.8 Å². The summed E-state index contributed by atoms with van der Waals surface area (Å²) >= 11 is 0. The van der Waals surface area contributed by atoms with E-state index in [-0.39, 0.29) is 17.9 Å². The Morgan fingerprint density at radius 3 is 3.00 bits per heavy atom. The lowest BCUT2D eigenvalue weighted by molar-refractivity contribution is -0.141. The molecular formula is C15H26N2O4. The van der Waals surface area contributed by atoms with Crippen molar-refractivity contribution in [2.24, 2.45) is 0 Å². The minimum Gasteiger partial charge on any atom is -0.385 e. The number of amides is 2. The van der Waals surface area contributed by atoms with Crippen LogP contribution in [-0.2, 0) is 19.1 Å². The summed E-state index contributed by atoms with van der Waals surface area (Å²) < 4.78 is 10.7. The Bertz CT molecular complexity index is 362. The molecule has 1 unspecified atom stereocenters. The predicted molar refractivity (Wildman–Crippen MR) is 77.9 cm³/mol. The monoisotopic (exact) mass is 298 g/mol. The van der Waals surface area contributed by atoms with Crippen molar-refractivity contribution in [2.75, 3.05) is 46.5 Å². The Hall–Kier alpha value is -1.14. The molecule has 1 atom stereocenters. The van der Waals surface area contributed by atoms with Gasteiger partial charge in [0.1, 0.15) is 0 Å². The Balaban J connectivity index is 1.73. The summed E-state index contributed by atoms with van der Waals surface area (Å²) in [7, 11) is 1.67. The van der Waals surface area contributed by atoms with Gasteiger partial charge in [-0.05, 0) is 19.3 Å². The van der Waals surface area contributed by atoms with Gasteiger partial charge in [-0.25, -0.2) is 0 Å². The maximum atomic E-state index is 12.3. The van der Waals surface area contributed by atoms with Gasteiger partial charge < -0.3 is 19.3 Å². The molecule has 0 aromatic heterocycles. The van der Waals surface area contributed by atoms with Gasteiger partial charge in [-0.3, -0.25) is 9.59 Å². The van der Waals surface area contributed by atoms with Gasteiger partial charge in [0.15, 0.2) is 0 Å². The molecule has 0 aromatic rings. The zero-order valence-corrected chi connectivity index (χ0v) is 12.9. The maximum absolute atomic E-state index is 12.3. The zero-order valence-electron chi connectivity index (χ0n) is 12.9. The summed E-state index contributed by atoms with van der Waals surface area (Å²) in [5.41, 5.74) is 0. The van der Waals surface area contributed by atoms with Crippen LogP contribution in [-0.4, -0.2) is 74.2 Å². The highest BCUT2D eigenvalue weighted by molar-refractivity contribution is 5.79. The van der Waals surface area contributed by atoms with Gasteiger partial charge in [0.05, 0.1) is 12.7 Å². The third-order valence-electron chi connectivity index (χ3n) is 4.15. The third kappa shape index (κ3) is 4.97. The van der Waals surface area contributed by atoms with Gasteiger partial charge in [-0.2, -0.15) is 0 Å². The molecular weight excluding hydrogens is 272 g/mol. The average molecular weight is 298 g/mol. The van der Waals surface area contributed by atoms with Gasteiger partial charge in [0.2, 0.25) is 11.8 Å². The van der Waals surface area contributed by atoms with Crippen LogP contribution in [0.2, 0.25) is 0 Å². The molecule has 2 amide bonds. The molecule has 0 saturated carbocycles. The number of methoxy groups -OCH3 is 1. The van der Waals surface area contributed by atoms with Gasteiger partial charge in [-0.15, -0.1) is 0 Å². The molecule has 21 heavy (non-hydrogen) atoms. The minimum atomic E-state index is 0.0688. The van der Waals surface area contributed by atoms with Crippen molar-refractivity contribution in [2.45, 2.75) is 38.2 Å². The number of likely N-dealkylation sites (tertiary alicyclic amines) is 1. The Morgan fingerprint density at radius 1 is 1.38 bits per heavy atom. The molecule has 0 aromatic carbocycles. The lowest BCUT2D eigenvalue weighted by Gasteiger charge is -2.34. The third-order valence-corrected chi connectivity index (χ3v) is 4.15. The molecule has 0 N–H and O–H groups in total. The molecule has 2 aliphatic heterocycles. The minimum absolute atomic E-state index is 0.0688. The lowest BCUT2D eigenvalue weighted by Crippen LogP contribution is -2.47. The van der Waals surface area contributed by atoms with Crippen LogP contribution in [0.4, 0.5) is 0 Å². The normalized spacial score (nSPS) is 23.5. The number of carbonyl (C=O) groups is 2. The fourth-order valence-corrected chi connectivity index (χ4v) is 2.86. The lowest BCUT2D eigenvalue weighted by atomic mass is 10.1. The molecule has 2 fully saturated rings. The van der Waals surface area contributed by atoms with Gasteiger partial charge in [0.25, 0.3) is 0 Å². The smallest absolute Gasteiger partial charge is 0.224 e. The van der Waals surface area contributed by atoms with Crippen molar-refractivity contribution in [3.05, 3.63) is 0 Å². The van der Waals surface area contributed by atoms with Gasteiger partial charge >= 0.3 is 0 Å². The molecule has 120 valence electrons. The van der Waals surface area contributed by atoms with Crippen LogP contribution in [0.1, 0.15) is 32.1 Å². The van der Waals surface area contributed by atoms with Crippen LogP contribution in [0.25, 0.3) is 0 Å². The van der Waals surface area contributed by atoms with Crippen LogP contribution in [0.3, 0.4) is 0 Å². The number of ether oxygens (including phenoxy) is 2. The highest BCUT2D eigenvalue weighted by Gasteiger charge is 2.25. The van der Waals surface area contributed by atoms with E-state index in [4.69, 9.17) is 9.47 Å². The number of hydrogen-bond acceptors (Lipinski definition) is 4. The van der Waals surface area contributed by atoms with E-state index in [1.54, 1.807) is 7.11 Å². The number of rotatable bonds is 6. The number of hydrogen-bond donors (Lipinski definition) is 0. The van der Waals surface area contributed by atoms with E-state index in [1.807, 2.05) is 9.80 Å². The summed E-state index contributed by atoms with van der Waals surface area (Å²) in [6.45, 7) is 3.87. The van der Waals surface area contributed by atoms with Crippen LogP contribution >= 0.6 is 0 Å². The van der Waals surface area contributed by atoms with E-state index in [0.29, 0.717) is 45.7 Å². The second-order valence-corrected chi connectivity index (χ2v) is 5.70. The number of carbonyl (C=O) groups excluding carboxylic acids is 2. The molecule has 6 nitrogen and oxygen atoms in total. The van der Waals surface area contributed by atoms with Gasteiger partial charge in [0, 0.05) is 52.7 Å². The molecule has 2 saturated heterocycles. The summed E-state index contributed by atoms with van der Waals surface area (Å²) in [6, 6.07) is 0. The number of nitrogens with zero attached hydrogens (tertiary/aromatic N) is 2. The topological polar surface area (TPSA) is 59.1 Å². The van der Waals surface area contributed by atoms with Crippen LogP contribution < -0.4 is 0 Å². The molecule has 2 aliphatic rings. The second kappa shape index (κ2) is 8.34. The first-order chi connectivity index (χ1) is 10.2. The van der Waals surface area contributed by atoms with E-state index >= 15 is 0 Å². The van der Waals surface area contributed by atoms with Crippen molar-refractivity contribution >= 4 is 11.8 Å². The Kier molecular flexibility index (Phi) is 6.45. The van der Waals surface area contributed by atoms with Gasteiger partial charge in [-0.1, -0.05) is 0 Å². The number of morpholine rings is 1. The number of piperidine rings is 1. The van der Waals surface area contributed by atoms with Crippen molar-refractivity contribution in [1.29, 1.82) is 0 Å².